The second-order valence-corrected chi connectivity index (χ2v) is 5.51. The molecule has 0 aliphatic heterocycles. The fourth-order valence-electron chi connectivity index (χ4n) is 2.15. The Morgan fingerprint density at radius 2 is 2.08 bits per heavy atom. The zero-order chi connectivity index (χ0) is 17.4. The molecular weight excluding hydrogens is 306 g/mol. The van der Waals surface area contributed by atoms with E-state index in [0.29, 0.717) is 19.6 Å². The van der Waals surface area contributed by atoms with Crippen LogP contribution >= 0.6 is 0 Å². The number of nitrogens with one attached hydrogen (secondary N) is 1. The summed E-state index contributed by atoms with van der Waals surface area (Å²) in [7, 11) is 0. The highest BCUT2D eigenvalue weighted by Crippen LogP contribution is 2.12. The van der Waals surface area contributed by atoms with Crippen LogP contribution in [0.5, 0.6) is 5.75 Å². The summed E-state index contributed by atoms with van der Waals surface area (Å²) in [5.41, 5.74) is 0.942. The van der Waals surface area contributed by atoms with Crippen LogP contribution in [-0.2, 0) is 11.2 Å². The lowest BCUT2D eigenvalue weighted by Gasteiger charge is -2.07. The largest absolute Gasteiger partial charge is 0.494 e. The van der Waals surface area contributed by atoms with E-state index in [9.17, 15) is 4.79 Å². The van der Waals surface area contributed by atoms with E-state index in [1.165, 1.54) is 6.08 Å². The van der Waals surface area contributed by atoms with Crippen LogP contribution < -0.4 is 10.1 Å². The second kappa shape index (κ2) is 8.81. The van der Waals surface area contributed by atoms with Crippen LogP contribution in [0.25, 0.3) is 6.08 Å². The molecule has 0 saturated heterocycles. The van der Waals surface area contributed by atoms with Gasteiger partial charge in [-0.1, -0.05) is 12.1 Å². The minimum absolute atomic E-state index is 0.146. The smallest absolute Gasteiger partial charge is 0.244 e. The third-order valence-corrected chi connectivity index (χ3v) is 3.32. The van der Waals surface area contributed by atoms with Gasteiger partial charge in [0.1, 0.15) is 5.75 Å². The Labute approximate surface area is 141 Å². The molecule has 1 heterocycles. The molecule has 128 valence electrons. The summed E-state index contributed by atoms with van der Waals surface area (Å²) in [5.74, 6) is 1.44. The van der Waals surface area contributed by atoms with Crippen LogP contribution in [0.2, 0.25) is 0 Å². The van der Waals surface area contributed by atoms with Crippen LogP contribution in [0.1, 0.15) is 38.2 Å². The summed E-state index contributed by atoms with van der Waals surface area (Å²) in [4.78, 5) is 11.9. The Morgan fingerprint density at radius 1 is 1.33 bits per heavy atom. The summed E-state index contributed by atoms with van der Waals surface area (Å²) in [6.45, 7) is 7.09. The normalized spacial score (nSPS) is 11.2. The van der Waals surface area contributed by atoms with Crippen molar-refractivity contribution in [3.8, 4) is 5.75 Å². The standard InChI is InChI=1S/C17H23N5O2/c1-4-24-15-8-5-14(6-9-15)7-10-17(23)18-12-11-16-19-20-21-22(16)13(2)3/h5-10,13H,4,11-12H2,1-3H3,(H,18,23)/b10-7+. The highest BCUT2D eigenvalue weighted by molar-refractivity contribution is 5.91. The monoisotopic (exact) mass is 329 g/mol. The maximum atomic E-state index is 11.9. The van der Waals surface area contributed by atoms with E-state index in [2.05, 4.69) is 20.8 Å². The number of aromatic nitrogens is 4. The number of amides is 1. The molecule has 7 nitrogen and oxygen atoms in total. The molecule has 0 fully saturated rings. The lowest BCUT2D eigenvalue weighted by molar-refractivity contribution is -0.116. The number of carbonyl (C=O) groups is 1. The van der Waals surface area contributed by atoms with Gasteiger partial charge in [0.05, 0.1) is 12.6 Å². The first-order valence-corrected chi connectivity index (χ1v) is 8.05. The van der Waals surface area contributed by atoms with Crippen molar-refractivity contribution in [3.63, 3.8) is 0 Å². The number of tetrazole rings is 1. The van der Waals surface area contributed by atoms with Gasteiger partial charge in [-0.2, -0.15) is 0 Å². The van der Waals surface area contributed by atoms with Crippen LogP contribution in [0.15, 0.2) is 30.3 Å². The average Bonchev–Trinajstić information content (AvgIpc) is 3.03. The zero-order valence-electron chi connectivity index (χ0n) is 14.3. The first-order valence-electron chi connectivity index (χ1n) is 8.05. The summed E-state index contributed by atoms with van der Waals surface area (Å²) >= 11 is 0. The number of benzene rings is 1. The van der Waals surface area contributed by atoms with Gasteiger partial charge in [-0.15, -0.1) is 5.10 Å². The van der Waals surface area contributed by atoms with Crippen molar-refractivity contribution in [1.29, 1.82) is 0 Å². The van der Waals surface area contributed by atoms with E-state index < -0.39 is 0 Å². The first kappa shape index (κ1) is 17.7. The van der Waals surface area contributed by atoms with E-state index in [1.54, 1.807) is 10.8 Å². The van der Waals surface area contributed by atoms with E-state index >= 15 is 0 Å². The molecule has 1 aromatic heterocycles. The van der Waals surface area contributed by atoms with Gasteiger partial charge >= 0.3 is 0 Å². The van der Waals surface area contributed by atoms with Gasteiger partial charge in [-0.25, -0.2) is 4.68 Å². The lowest BCUT2D eigenvalue weighted by Crippen LogP contribution is -2.25. The molecule has 0 atom stereocenters. The van der Waals surface area contributed by atoms with Gasteiger partial charge in [0.15, 0.2) is 5.82 Å². The average molecular weight is 329 g/mol. The topological polar surface area (TPSA) is 81.9 Å². The maximum absolute atomic E-state index is 11.9. The molecule has 0 spiro atoms. The number of hydrogen-bond donors (Lipinski definition) is 1. The van der Waals surface area contributed by atoms with Gasteiger partial charge in [0.25, 0.3) is 0 Å². The number of ether oxygens (including phenoxy) is 1. The Hall–Kier alpha value is -2.70. The predicted octanol–water partition coefficient (Wildman–Crippen LogP) is 2.02. The molecule has 0 bridgehead atoms. The molecule has 1 aromatic carbocycles. The summed E-state index contributed by atoms with van der Waals surface area (Å²) < 4.78 is 7.13. The molecule has 2 aromatic rings. The molecule has 0 unspecified atom stereocenters. The van der Waals surface area contributed by atoms with Crippen molar-refractivity contribution in [3.05, 3.63) is 41.7 Å². The first-order chi connectivity index (χ1) is 11.6. The number of nitrogens with zero attached hydrogens (tertiary/aromatic N) is 4. The Morgan fingerprint density at radius 3 is 2.75 bits per heavy atom. The Kier molecular flexibility index (Phi) is 6.48. The van der Waals surface area contributed by atoms with Gasteiger partial charge in [-0.05, 0) is 55.0 Å². The van der Waals surface area contributed by atoms with Crippen molar-refractivity contribution in [2.45, 2.75) is 33.2 Å². The minimum Gasteiger partial charge on any atom is -0.494 e. The van der Waals surface area contributed by atoms with Gasteiger partial charge < -0.3 is 10.1 Å². The van der Waals surface area contributed by atoms with Gasteiger partial charge in [0, 0.05) is 19.0 Å². The predicted molar refractivity (Wildman–Crippen MR) is 91.6 cm³/mol. The molecule has 2 rings (SSSR count). The molecule has 0 aliphatic carbocycles. The number of carbonyl (C=O) groups excluding carboxylic acids is 1. The summed E-state index contributed by atoms with van der Waals surface area (Å²) in [6.07, 6.45) is 3.87. The van der Waals surface area contributed by atoms with E-state index in [4.69, 9.17) is 4.74 Å². The number of rotatable bonds is 8. The van der Waals surface area contributed by atoms with E-state index in [1.807, 2.05) is 45.0 Å². The SMILES string of the molecule is CCOc1ccc(/C=C/C(=O)NCCc2nnnn2C(C)C)cc1. The molecule has 0 aliphatic rings. The molecule has 0 radical (unpaired) electrons. The molecule has 1 N–H and O–H groups in total. The third-order valence-electron chi connectivity index (χ3n) is 3.32. The number of hydrogen-bond acceptors (Lipinski definition) is 5. The van der Waals surface area contributed by atoms with Crippen LogP contribution in [-0.4, -0.2) is 39.3 Å². The Balaban J connectivity index is 1.79. The van der Waals surface area contributed by atoms with Crippen molar-refractivity contribution < 1.29 is 9.53 Å². The van der Waals surface area contributed by atoms with E-state index in [-0.39, 0.29) is 11.9 Å². The molecule has 24 heavy (non-hydrogen) atoms. The second-order valence-electron chi connectivity index (χ2n) is 5.51. The van der Waals surface area contributed by atoms with E-state index in [0.717, 1.165) is 17.1 Å². The van der Waals surface area contributed by atoms with Crippen LogP contribution in [0, 0.1) is 0 Å². The van der Waals surface area contributed by atoms with Gasteiger partial charge in [-0.3, -0.25) is 4.79 Å². The highest BCUT2D eigenvalue weighted by atomic mass is 16.5. The quantitative estimate of drug-likeness (QED) is 0.749. The van der Waals surface area contributed by atoms with Crippen molar-refractivity contribution in [2.24, 2.45) is 0 Å². The molecule has 0 saturated carbocycles. The fourth-order valence-corrected chi connectivity index (χ4v) is 2.15. The Bertz CT molecular complexity index is 677. The van der Waals surface area contributed by atoms with Gasteiger partial charge in [0.2, 0.25) is 5.91 Å². The summed E-state index contributed by atoms with van der Waals surface area (Å²) in [5, 5.41) is 14.4. The lowest BCUT2D eigenvalue weighted by atomic mass is 10.2. The molecule has 7 heteroatoms. The maximum Gasteiger partial charge on any atom is 0.244 e. The summed E-state index contributed by atoms with van der Waals surface area (Å²) in [6, 6.07) is 7.78. The van der Waals surface area contributed by atoms with Crippen LogP contribution in [0.4, 0.5) is 0 Å². The zero-order valence-corrected chi connectivity index (χ0v) is 14.3. The fraction of sp³-hybridized carbons (Fsp3) is 0.412. The third kappa shape index (κ3) is 5.19. The van der Waals surface area contributed by atoms with Crippen molar-refractivity contribution in [2.75, 3.05) is 13.2 Å². The highest BCUT2D eigenvalue weighted by Gasteiger charge is 2.08. The van der Waals surface area contributed by atoms with Crippen molar-refractivity contribution in [1.82, 2.24) is 25.5 Å². The molecule has 1 amide bonds. The molecular formula is C17H23N5O2. The van der Waals surface area contributed by atoms with Crippen LogP contribution in [0.3, 0.4) is 0 Å². The van der Waals surface area contributed by atoms with Crippen molar-refractivity contribution >= 4 is 12.0 Å². The minimum atomic E-state index is -0.146.